The Hall–Kier alpha value is -1.72. The predicted molar refractivity (Wildman–Crippen MR) is 107 cm³/mol. The second-order valence-electron chi connectivity index (χ2n) is 7.29. The molecule has 0 radical (unpaired) electrons. The molecule has 0 aliphatic rings. The minimum atomic E-state index is -0.560. The van der Waals surface area contributed by atoms with Crippen LogP contribution < -0.4 is 0 Å². The maximum Gasteiger partial charge on any atom is 0.316 e. The molecule has 162 valence electrons. The van der Waals surface area contributed by atoms with Gasteiger partial charge in [-0.15, -0.1) is 0 Å². The van der Waals surface area contributed by atoms with Crippen LogP contribution in [0.5, 0.6) is 0 Å². The van der Waals surface area contributed by atoms with Crippen LogP contribution in [0.25, 0.3) is 0 Å². The van der Waals surface area contributed by atoms with Crippen LogP contribution in [-0.2, 0) is 28.7 Å². The Morgan fingerprint density at radius 3 is 1.25 bits per heavy atom. The van der Waals surface area contributed by atoms with Gasteiger partial charge in [0.05, 0.1) is 11.8 Å². The van der Waals surface area contributed by atoms with Crippen molar-refractivity contribution in [3.05, 3.63) is 0 Å². The van der Waals surface area contributed by atoms with E-state index in [1.54, 1.807) is 0 Å². The zero-order valence-electron chi connectivity index (χ0n) is 18.1. The van der Waals surface area contributed by atoms with E-state index in [4.69, 9.17) is 9.47 Å². The molecule has 0 aliphatic carbocycles. The van der Waals surface area contributed by atoms with Gasteiger partial charge in [-0.25, -0.2) is 0 Å². The maximum absolute atomic E-state index is 12.0. The van der Waals surface area contributed by atoms with Crippen molar-refractivity contribution < 1.29 is 28.7 Å². The number of carbonyl (C=O) groups is 4. The molecule has 0 spiro atoms. The number of unbranched alkanes of at least 4 members (excludes halogenated alkanes) is 3. The van der Waals surface area contributed by atoms with E-state index in [0.717, 1.165) is 38.5 Å². The molecule has 0 aliphatic heterocycles. The van der Waals surface area contributed by atoms with Crippen LogP contribution in [0.3, 0.4) is 0 Å². The van der Waals surface area contributed by atoms with Crippen molar-refractivity contribution in [3.63, 3.8) is 0 Å². The fraction of sp³-hybridized carbons (Fsp3) is 0.818. The van der Waals surface area contributed by atoms with E-state index in [9.17, 15) is 19.2 Å². The lowest BCUT2D eigenvalue weighted by Crippen LogP contribution is -2.21. The van der Waals surface area contributed by atoms with Gasteiger partial charge in [0, 0.05) is 12.8 Å². The zero-order chi connectivity index (χ0) is 21.4. The Morgan fingerprint density at radius 2 is 0.964 bits per heavy atom. The molecule has 0 N–H and O–H groups in total. The van der Waals surface area contributed by atoms with Crippen LogP contribution in [0.2, 0.25) is 0 Å². The lowest BCUT2D eigenvalue weighted by atomic mass is 10.00. The highest BCUT2D eigenvalue weighted by Gasteiger charge is 2.22. The lowest BCUT2D eigenvalue weighted by Gasteiger charge is -2.13. The normalized spacial score (nSPS) is 12.9. The van der Waals surface area contributed by atoms with Crippen LogP contribution in [0.15, 0.2) is 0 Å². The van der Waals surface area contributed by atoms with Crippen molar-refractivity contribution in [2.24, 2.45) is 11.8 Å². The van der Waals surface area contributed by atoms with Gasteiger partial charge in [-0.2, -0.15) is 0 Å². The van der Waals surface area contributed by atoms with Crippen molar-refractivity contribution >= 4 is 23.9 Å². The molecule has 0 fully saturated rings. The summed E-state index contributed by atoms with van der Waals surface area (Å²) in [5, 5.41) is 0. The molecule has 0 aromatic carbocycles. The minimum Gasteiger partial charge on any atom is -0.393 e. The first kappa shape index (κ1) is 26.3. The standard InChI is InChI=1S/C22H38O6/c1-5-9-13-17(7-3)21(25)27-19(23)15-11-12-16-20(24)28-22(26)18(8-4)14-10-6-2/h17-18H,5-16H2,1-4H3. The molecule has 28 heavy (non-hydrogen) atoms. The fourth-order valence-corrected chi connectivity index (χ4v) is 2.91. The Balaban J connectivity index is 4.07. The Labute approximate surface area is 169 Å². The lowest BCUT2D eigenvalue weighted by molar-refractivity contribution is -0.165. The number of esters is 4. The summed E-state index contributed by atoms with van der Waals surface area (Å²) in [6.07, 6.45) is 7.60. The summed E-state index contributed by atoms with van der Waals surface area (Å²) in [6, 6.07) is 0. The first-order valence-corrected chi connectivity index (χ1v) is 10.9. The maximum atomic E-state index is 12.0. The molecule has 0 aromatic rings. The van der Waals surface area contributed by atoms with Gasteiger partial charge < -0.3 is 9.47 Å². The second-order valence-corrected chi connectivity index (χ2v) is 7.29. The van der Waals surface area contributed by atoms with Gasteiger partial charge in [-0.1, -0.05) is 53.4 Å². The fourth-order valence-electron chi connectivity index (χ4n) is 2.91. The van der Waals surface area contributed by atoms with Gasteiger partial charge in [0.2, 0.25) is 0 Å². The van der Waals surface area contributed by atoms with Crippen molar-refractivity contribution in [1.82, 2.24) is 0 Å². The average Bonchev–Trinajstić information content (AvgIpc) is 2.66. The van der Waals surface area contributed by atoms with E-state index in [2.05, 4.69) is 13.8 Å². The second kappa shape index (κ2) is 16.3. The Morgan fingerprint density at radius 1 is 0.607 bits per heavy atom. The molecule has 2 atom stereocenters. The number of hydrogen-bond donors (Lipinski definition) is 0. The number of carbonyl (C=O) groups excluding carboxylic acids is 4. The molecule has 0 rings (SSSR count). The Kier molecular flexibility index (Phi) is 15.3. The van der Waals surface area contributed by atoms with Gasteiger partial charge in [0.25, 0.3) is 0 Å². The van der Waals surface area contributed by atoms with E-state index in [1.165, 1.54) is 0 Å². The summed E-state index contributed by atoms with van der Waals surface area (Å²) < 4.78 is 9.81. The molecule has 2 unspecified atom stereocenters. The third kappa shape index (κ3) is 11.9. The third-order valence-electron chi connectivity index (χ3n) is 4.91. The highest BCUT2D eigenvalue weighted by molar-refractivity contribution is 5.87. The van der Waals surface area contributed by atoms with Crippen molar-refractivity contribution in [3.8, 4) is 0 Å². The molecule has 0 saturated heterocycles. The highest BCUT2D eigenvalue weighted by atomic mass is 16.6. The first-order chi connectivity index (χ1) is 13.4. The Bertz CT molecular complexity index is 441. The van der Waals surface area contributed by atoms with Gasteiger partial charge in [0.1, 0.15) is 0 Å². The summed E-state index contributed by atoms with van der Waals surface area (Å²) in [5.74, 6) is -2.49. The van der Waals surface area contributed by atoms with Gasteiger partial charge in [-0.05, 0) is 38.5 Å². The van der Waals surface area contributed by atoms with Gasteiger partial charge in [-0.3, -0.25) is 19.2 Å². The van der Waals surface area contributed by atoms with Gasteiger partial charge in [0.15, 0.2) is 0 Å². The number of ether oxygens (including phenoxy) is 2. The monoisotopic (exact) mass is 398 g/mol. The first-order valence-electron chi connectivity index (χ1n) is 10.9. The summed E-state index contributed by atoms with van der Waals surface area (Å²) >= 11 is 0. The van der Waals surface area contributed by atoms with E-state index in [-0.39, 0.29) is 24.7 Å². The van der Waals surface area contributed by atoms with Crippen LogP contribution in [0.1, 0.15) is 105 Å². The average molecular weight is 399 g/mol. The summed E-state index contributed by atoms with van der Waals surface area (Å²) in [7, 11) is 0. The van der Waals surface area contributed by atoms with Crippen molar-refractivity contribution in [2.45, 2.75) is 105 Å². The number of rotatable bonds is 15. The molecular weight excluding hydrogens is 360 g/mol. The zero-order valence-corrected chi connectivity index (χ0v) is 18.1. The third-order valence-corrected chi connectivity index (χ3v) is 4.91. The molecule has 0 bridgehead atoms. The topological polar surface area (TPSA) is 86.7 Å². The summed E-state index contributed by atoms with van der Waals surface area (Å²) in [5.41, 5.74) is 0. The molecule has 6 nitrogen and oxygen atoms in total. The van der Waals surface area contributed by atoms with Crippen LogP contribution >= 0.6 is 0 Å². The van der Waals surface area contributed by atoms with Crippen LogP contribution in [0.4, 0.5) is 0 Å². The smallest absolute Gasteiger partial charge is 0.316 e. The predicted octanol–water partition coefficient (Wildman–Crippen LogP) is 5.12. The largest absolute Gasteiger partial charge is 0.393 e. The molecule has 0 saturated carbocycles. The van der Waals surface area contributed by atoms with E-state index in [1.807, 2.05) is 13.8 Å². The SMILES string of the molecule is CCCCC(CC)C(=O)OC(=O)CCCCC(=O)OC(=O)C(CC)CCCC. The molecule has 0 amide bonds. The molecule has 6 heteroatoms. The van der Waals surface area contributed by atoms with Crippen molar-refractivity contribution in [1.29, 1.82) is 0 Å². The number of hydrogen-bond acceptors (Lipinski definition) is 6. The molecule has 0 heterocycles. The summed E-state index contributed by atoms with van der Waals surface area (Å²) in [6.45, 7) is 7.92. The van der Waals surface area contributed by atoms with Gasteiger partial charge >= 0.3 is 23.9 Å². The molecular formula is C22H38O6. The quantitative estimate of drug-likeness (QED) is 0.216. The van der Waals surface area contributed by atoms with E-state index in [0.29, 0.717) is 25.7 Å². The highest BCUT2D eigenvalue weighted by Crippen LogP contribution is 2.16. The minimum absolute atomic E-state index is 0.0747. The van der Waals surface area contributed by atoms with E-state index < -0.39 is 23.9 Å². The summed E-state index contributed by atoms with van der Waals surface area (Å²) in [4.78, 5) is 47.5. The van der Waals surface area contributed by atoms with Crippen molar-refractivity contribution in [2.75, 3.05) is 0 Å². The molecule has 0 aromatic heterocycles. The van der Waals surface area contributed by atoms with Crippen LogP contribution in [0, 0.1) is 11.8 Å². The van der Waals surface area contributed by atoms with E-state index >= 15 is 0 Å². The van der Waals surface area contributed by atoms with Crippen LogP contribution in [-0.4, -0.2) is 23.9 Å².